The van der Waals surface area contributed by atoms with E-state index in [4.69, 9.17) is 4.74 Å². The molecule has 3 heteroatoms. The fraction of sp³-hybridized carbons (Fsp3) is 0.364. The third kappa shape index (κ3) is 2.84. The lowest BCUT2D eigenvalue weighted by atomic mass is 10.1. The molecule has 0 N–H and O–H groups in total. The van der Waals surface area contributed by atoms with Crippen LogP contribution in [0.5, 0.6) is 0 Å². The summed E-state index contributed by atoms with van der Waals surface area (Å²) in [7, 11) is 0. The molecule has 1 aromatic carbocycles. The molecule has 0 aromatic heterocycles. The Balaban J connectivity index is 2.73. The van der Waals surface area contributed by atoms with Gasteiger partial charge in [-0.3, -0.25) is 4.79 Å². The first kappa shape index (κ1) is 11.2. The van der Waals surface area contributed by atoms with Gasteiger partial charge in [-0.05, 0) is 19.4 Å². The van der Waals surface area contributed by atoms with Crippen LogP contribution < -0.4 is 0 Å². The number of alkyl halides is 1. The van der Waals surface area contributed by atoms with Crippen molar-refractivity contribution < 1.29 is 9.53 Å². The number of ether oxygens (including phenoxy) is 1. The van der Waals surface area contributed by atoms with Crippen LogP contribution in [0.15, 0.2) is 24.3 Å². The van der Waals surface area contributed by atoms with Crippen LogP contribution in [0.2, 0.25) is 0 Å². The van der Waals surface area contributed by atoms with Gasteiger partial charge in [0.15, 0.2) is 0 Å². The zero-order chi connectivity index (χ0) is 10.6. The largest absolute Gasteiger partial charge is 0.465 e. The smallest absolute Gasteiger partial charge is 0.324 e. The average Bonchev–Trinajstić information content (AvgIpc) is 2.18. The number of carbonyl (C=O) groups excluding carboxylic acids is 1. The van der Waals surface area contributed by atoms with E-state index in [2.05, 4.69) is 15.9 Å². The summed E-state index contributed by atoms with van der Waals surface area (Å²) in [6.45, 7) is 4.22. The van der Waals surface area contributed by atoms with Crippen molar-refractivity contribution in [3.63, 3.8) is 0 Å². The summed E-state index contributed by atoms with van der Waals surface area (Å²) in [4.78, 5) is 11.0. The van der Waals surface area contributed by atoms with Gasteiger partial charge in [0.2, 0.25) is 0 Å². The molecule has 0 saturated heterocycles. The van der Waals surface area contributed by atoms with Crippen molar-refractivity contribution in [3.05, 3.63) is 35.4 Å². The van der Waals surface area contributed by atoms with Crippen LogP contribution in [0.4, 0.5) is 0 Å². The Kier molecular flexibility index (Phi) is 4.14. The van der Waals surface area contributed by atoms with Crippen LogP contribution in [0, 0.1) is 6.92 Å². The normalized spacial score (nSPS) is 12.2. The van der Waals surface area contributed by atoms with Crippen molar-refractivity contribution in [3.8, 4) is 0 Å². The highest BCUT2D eigenvalue weighted by Gasteiger charge is 2.17. The SMILES string of the molecule is CCOC(=O)[C@H](Br)c1ccc(C)cc1. The lowest BCUT2D eigenvalue weighted by Gasteiger charge is -2.09. The van der Waals surface area contributed by atoms with Gasteiger partial charge in [-0.15, -0.1) is 0 Å². The Morgan fingerprint density at radius 2 is 2.00 bits per heavy atom. The Morgan fingerprint density at radius 1 is 1.43 bits per heavy atom. The van der Waals surface area contributed by atoms with Gasteiger partial charge >= 0.3 is 5.97 Å². The van der Waals surface area contributed by atoms with Crippen molar-refractivity contribution in [2.75, 3.05) is 6.61 Å². The summed E-state index contributed by atoms with van der Waals surface area (Å²) in [5.41, 5.74) is 2.10. The van der Waals surface area contributed by atoms with E-state index in [1.165, 1.54) is 5.56 Å². The third-order valence-corrected chi connectivity index (χ3v) is 2.77. The summed E-state index contributed by atoms with van der Waals surface area (Å²) < 4.78 is 4.90. The molecule has 1 rings (SSSR count). The van der Waals surface area contributed by atoms with Gasteiger partial charge in [0.1, 0.15) is 4.83 Å². The lowest BCUT2D eigenvalue weighted by Crippen LogP contribution is -2.10. The first-order valence-corrected chi connectivity index (χ1v) is 5.44. The van der Waals surface area contributed by atoms with Gasteiger partial charge in [0.05, 0.1) is 6.61 Å². The number of hydrogen-bond donors (Lipinski definition) is 0. The van der Waals surface area contributed by atoms with E-state index in [0.29, 0.717) is 6.61 Å². The molecule has 1 atom stereocenters. The van der Waals surface area contributed by atoms with Crippen LogP contribution in [-0.4, -0.2) is 12.6 Å². The van der Waals surface area contributed by atoms with Gasteiger partial charge < -0.3 is 4.74 Å². The lowest BCUT2D eigenvalue weighted by molar-refractivity contribution is -0.142. The average molecular weight is 257 g/mol. The molecule has 0 bridgehead atoms. The van der Waals surface area contributed by atoms with Crippen molar-refractivity contribution in [2.24, 2.45) is 0 Å². The summed E-state index contributed by atoms with van der Waals surface area (Å²) in [6.07, 6.45) is 0. The van der Waals surface area contributed by atoms with Crippen LogP contribution in [-0.2, 0) is 9.53 Å². The maximum absolute atomic E-state index is 11.4. The van der Waals surface area contributed by atoms with E-state index in [9.17, 15) is 4.79 Å². The highest BCUT2D eigenvalue weighted by atomic mass is 79.9. The molecular weight excluding hydrogens is 244 g/mol. The van der Waals surface area contributed by atoms with Gasteiger partial charge in [0, 0.05) is 0 Å². The number of halogens is 1. The number of carbonyl (C=O) groups is 1. The number of benzene rings is 1. The molecule has 0 radical (unpaired) electrons. The maximum Gasteiger partial charge on any atom is 0.324 e. The topological polar surface area (TPSA) is 26.3 Å². The van der Waals surface area contributed by atoms with Crippen LogP contribution in [0.25, 0.3) is 0 Å². The van der Waals surface area contributed by atoms with E-state index in [1.807, 2.05) is 31.2 Å². The number of rotatable bonds is 3. The third-order valence-electron chi connectivity index (χ3n) is 1.86. The second kappa shape index (κ2) is 5.15. The highest BCUT2D eigenvalue weighted by Crippen LogP contribution is 2.24. The van der Waals surface area contributed by atoms with Crippen LogP contribution in [0.1, 0.15) is 22.9 Å². The molecule has 0 aliphatic rings. The Labute approximate surface area is 92.4 Å². The molecule has 0 spiro atoms. The molecule has 0 fully saturated rings. The van der Waals surface area contributed by atoms with Crippen LogP contribution >= 0.6 is 15.9 Å². The molecule has 0 unspecified atom stereocenters. The van der Waals surface area contributed by atoms with Crippen molar-refractivity contribution in [1.82, 2.24) is 0 Å². The van der Waals surface area contributed by atoms with Crippen molar-refractivity contribution >= 4 is 21.9 Å². The quantitative estimate of drug-likeness (QED) is 0.614. The molecule has 76 valence electrons. The summed E-state index contributed by atoms with van der Waals surface area (Å²) in [5.74, 6) is -0.239. The summed E-state index contributed by atoms with van der Waals surface area (Å²) in [5, 5.41) is 0. The van der Waals surface area contributed by atoms with E-state index in [1.54, 1.807) is 6.92 Å². The molecule has 14 heavy (non-hydrogen) atoms. The Morgan fingerprint density at radius 3 is 2.50 bits per heavy atom. The molecule has 0 saturated carbocycles. The maximum atomic E-state index is 11.4. The molecule has 0 amide bonds. The van der Waals surface area contributed by atoms with Crippen LogP contribution in [0.3, 0.4) is 0 Å². The molecule has 2 nitrogen and oxygen atoms in total. The summed E-state index contributed by atoms with van der Waals surface area (Å²) >= 11 is 3.30. The molecule has 0 heterocycles. The van der Waals surface area contributed by atoms with Gasteiger partial charge in [-0.1, -0.05) is 45.8 Å². The fourth-order valence-corrected chi connectivity index (χ4v) is 1.52. The molecule has 0 aliphatic heterocycles. The first-order valence-electron chi connectivity index (χ1n) is 4.52. The number of esters is 1. The van der Waals surface area contributed by atoms with Gasteiger partial charge in [0.25, 0.3) is 0 Å². The molecule has 1 aromatic rings. The van der Waals surface area contributed by atoms with E-state index < -0.39 is 0 Å². The monoisotopic (exact) mass is 256 g/mol. The second-order valence-electron chi connectivity index (χ2n) is 3.03. The van der Waals surface area contributed by atoms with Gasteiger partial charge in [-0.25, -0.2) is 0 Å². The molecular formula is C11H13BrO2. The minimum absolute atomic E-state index is 0.239. The standard InChI is InChI=1S/C11H13BrO2/c1-3-14-11(13)10(12)9-6-4-8(2)5-7-9/h4-7,10H,3H2,1-2H3/t10-/m1/s1. The second-order valence-corrected chi connectivity index (χ2v) is 3.94. The predicted octanol–water partition coefficient (Wildman–Crippen LogP) is 2.99. The van der Waals surface area contributed by atoms with E-state index in [0.717, 1.165) is 5.56 Å². The van der Waals surface area contributed by atoms with E-state index >= 15 is 0 Å². The highest BCUT2D eigenvalue weighted by molar-refractivity contribution is 9.09. The fourth-order valence-electron chi connectivity index (χ4n) is 1.09. The number of aryl methyl sites for hydroxylation is 1. The van der Waals surface area contributed by atoms with Crippen molar-refractivity contribution in [2.45, 2.75) is 18.7 Å². The minimum Gasteiger partial charge on any atom is -0.465 e. The zero-order valence-electron chi connectivity index (χ0n) is 8.29. The summed E-state index contributed by atoms with van der Waals surface area (Å²) in [6, 6.07) is 7.79. The zero-order valence-corrected chi connectivity index (χ0v) is 9.87. The first-order chi connectivity index (χ1) is 6.65. The Bertz CT molecular complexity index is 306. The van der Waals surface area contributed by atoms with E-state index in [-0.39, 0.29) is 10.8 Å². The minimum atomic E-state index is -0.358. The van der Waals surface area contributed by atoms with Gasteiger partial charge in [-0.2, -0.15) is 0 Å². The Hall–Kier alpha value is -0.830. The molecule has 0 aliphatic carbocycles. The van der Waals surface area contributed by atoms with Crippen molar-refractivity contribution in [1.29, 1.82) is 0 Å². The number of hydrogen-bond acceptors (Lipinski definition) is 2. The predicted molar refractivity (Wildman–Crippen MR) is 59.5 cm³/mol.